The number of carbonyl (C=O) groups is 1. The van der Waals surface area contributed by atoms with E-state index in [1.807, 2.05) is 31.2 Å². The molecule has 5 nitrogen and oxygen atoms in total. The lowest BCUT2D eigenvalue weighted by atomic mass is 10.1. The van der Waals surface area contributed by atoms with Gasteiger partial charge in [0.2, 0.25) is 0 Å². The molecule has 0 aliphatic carbocycles. The van der Waals surface area contributed by atoms with Crippen molar-refractivity contribution in [2.45, 2.75) is 19.6 Å². The highest BCUT2D eigenvalue weighted by Gasteiger charge is 2.27. The lowest BCUT2D eigenvalue weighted by molar-refractivity contribution is 0.0900. The minimum Gasteiger partial charge on any atom is -0.347 e. The number of carbonyl (C=O) groups excluding carboxylic acids is 1. The largest absolute Gasteiger partial charge is 0.347 e. The Balaban J connectivity index is 1.59. The molecular formula is C20H18F2N4O. The molecule has 0 spiro atoms. The quantitative estimate of drug-likeness (QED) is 0.744. The molecule has 0 saturated heterocycles. The van der Waals surface area contributed by atoms with Crippen LogP contribution < -0.4 is 10.6 Å². The van der Waals surface area contributed by atoms with Gasteiger partial charge in [-0.3, -0.25) is 10.1 Å². The van der Waals surface area contributed by atoms with E-state index in [2.05, 4.69) is 15.7 Å². The van der Waals surface area contributed by atoms with Gasteiger partial charge < -0.3 is 5.32 Å². The highest BCUT2D eigenvalue weighted by Crippen LogP contribution is 2.23. The molecule has 0 radical (unpaired) electrons. The molecule has 2 N–H and O–H groups in total. The Kier molecular flexibility index (Phi) is 4.45. The van der Waals surface area contributed by atoms with Crippen LogP contribution in [0.3, 0.4) is 0 Å². The van der Waals surface area contributed by atoms with Crippen molar-refractivity contribution in [2.75, 3.05) is 6.54 Å². The summed E-state index contributed by atoms with van der Waals surface area (Å²) in [5.74, 6) is -1.42. The van der Waals surface area contributed by atoms with Crippen molar-refractivity contribution in [2.24, 2.45) is 0 Å². The third-order valence-electron chi connectivity index (χ3n) is 4.61. The summed E-state index contributed by atoms with van der Waals surface area (Å²) >= 11 is 0. The van der Waals surface area contributed by atoms with Gasteiger partial charge in [0, 0.05) is 23.7 Å². The number of hydrogen-bond donors (Lipinski definition) is 2. The average molecular weight is 368 g/mol. The van der Waals surface area contributed by atoms with Gasteiger partial charge in [-0.15, -0.1) is 0 Å². The molecule has 3 aromatic rings. The number of hydrogen-bond acceptors (Lipinski definition) is 3. The normalized spacial score (nSPS) is 16.1. The summed E-state index contributed by atoms with van der Waals surface area (Å²) in [6, 6.07) is 13.1. The van der Waals surface area contributed by atoms with Crippen LogP contribution >= 0.6 is 0 Å². The lowest BCUT2D eigenvalue weighted by Crippen LogP contribution is -2.45. The molecule has 1 amide bonds. The van der Waals surface area contributed by atoms with E-state index in [-0.39, 0.29) is 18.6 Å². The zero-order chi connectivity index (χ0) is 19.0. The second-order valence-electron chi connectivity index (χ2n) is 6.57. The predicted octanol–water partition coefficient (Wildman–Crippen LogP) is 3.17. The first-order valence-electron chi connectivity index (χ1n) is 8.63. The second-order valence-corrected chi connectivity index (χ2v) is 6.57. The Morgan fingerprint density at radius 2 is 1.96 bits per heavy atom. The maximum Gasteiger partial charge on any atom is 0.269 e. The zero-order valence-corrected chi connectivity index (χ0v) is 14.7. The first-order valence-corrected chi connectivity index (χ1v) is 8.63. The smallest absolute Gasteiger partial charge is 0.269 e. The van der Waals surface area contributed by atoms with Crippen molar-refractivity contribution >= 4 is 5.91 Å². The summed E-state index contributed by atoms with van der Waals surface area (Å²) in [5, 5.41) is 10.5. The van der Waals surface area contributed by atoms with Crippen molar-refractivity contribution in [3.8, 4) is 11.3 Å². The van der Waals surface area contributed by atoms with Crippen LogP contribution in [0, 0.1) is 18.6 Å². The lowest BCUT2D eigenvalue weighted by Gasteiger charge is -2.25. The Bertz CT molecular complexity index is 998. The number of rotatable bonds is 4. The van der Waals surface area contributed by atoms with Gasteiger partial charge in [0.25, 0.3) is 5.91 Å². The molecule has 2 aromatic carbocycles. The molecule has 138 valence electrons. The van der Waals surface area contributed by atoms with Crippen LogP contribution in [-0.2, 0) is 6.54 Å². The number of amides is 1. The van der Waals surface area contributed by atoms with E-state index < -0.39 is 11.6 Å². The third-order valence-corrected chi connectivity index (χ3v) is 4.61. The zero-order valence-electron chi connectivity index (χ0n) is 14.7. The number of benzene rings is 2. The van der Waals surface area contributed by atoms with Crippen LogP contribution in [-0.4, -0.2) is 22.2 Å². The number of aryl methyl sites for hydroxylation is 1. The Morgan fingerprint density at radius 3 is 2.70 bits per heavy atom. The van der Waals surface area contributed by atoms with Gasteiger partial charge in [-0.1, -0.05) is 35.9 Å². The third kappa shape index (κ3) is 3.46. The van der Waals surface area contributed by atoms with E-state index in [4.69, 9.17) is 0 Å². The molecule has 0 bridgehead atoms. The van der Waals surface area contributed by atoms with Gasteiger partial charge in [0.05, 0.1) is 12.2 Å². The number of halogens is 2. The van der Waals surface area contributed by atoms with E-state index in [0.717, 1.165) is 17.2 Å². The van der Waals surface area contributed by atoms with Crippen LogP contribution in [0.4, 0.5) is 8.78 Å². The summed E-state index contributed by atoms with van der Waals surface area (Å²) in [6.45, 7) is 2.51. The highest BCUT2D eigenvalue weighted by molar-refractivity contribution is 5.94. The minimum absolute atomic E-state index is 0.186. The maximum atomic E-state index is 13.8. The molecule has 1 atom stereocenters. The maximum absolute atomic E-state index is 13.8. The van der Waals surface area contributed by atoms with E-state index in [1.165, 1.54) is 12.1 Å². The van der Waals surface area contributed by atoms with Gasteiger partial charge in [0.1, 0.15) is 23.5 Å². The SMILES string of the molecule is Cc1ccc(-c2cc3n(n2)C(NCc2ccc(F)cc2F)CNC3=O)cc1. The fourth-order valence-corrected chi connectivity index (χ4v) is 3.08. The Hall–Kier alpha value is -3.06. The molecule has 1 aliphatic rings. The number of aromatic nitrogens is 2. The summed E-state index contributed by atoms with van der Waals surface area (Å²) in [7, 11) is 0. The van der Waals surface area contributed by atoms with E-state index >= 15 is 0 Å². The molecule has 1 aromatic heterocycles. The summed E-state index contributed by atoms with van der Waals surface area (Å²) < 4.78 is 28.5. The van der Waals surface area contributed by atoms with Crippen molar-refractivity contribution in [1.82, 2.24) is 20.4 Å². The van der Waals surface area contributed by atoms with Crippen LogP contribution in [0.5, 0.6) is 0 Å². The first-order chi connectivity index (χ1) is 13.0. The summed E-state index contributed by atoms with van der Waals surface area (Å²) in [5.41, 5.74) is 3.54. The van der Waals surface area contributed by atoms with Crippen LogP contribution in [0.15, 0.2) is 48.5 Å². The molecular weight excluding hydrogens is 350 g/mol. The van der Waals surface area contributed by atoms with Gasteiger partial charge in [-0.25, -0.2) is 13.5 Å². The van der Waals surface area contributed by atoms with Gasteiger partial charge in [-0.2, -0.15) is 5.10 Å². The minimum atomic E-state index is -0.613. The standard InChI is InChI=1S/C20H18F2N4O/c1-12-2-4-13(5-3-12)17-9-18-20(27)24-11-19(26(18)25-17)23-10-14-6-7-15(21)8-16(14)22/h2-9,19,23H,10-11H2,1H3,(H,24,27). The number of nitrogens with zero attached hydrogens (tertiary/aromatic N) is 2. The molecule has 2 heterocycles. The van der Waals surface area contributed by atoms with Crippen LogP contribution in [0.1, 0.15) is 27.8 Å². The van der Waals surface area contributed by atoms with Crippen molar-refractivity contribution in [3.63, 3.8) is 0 Å². The summed E-state index contributed by atoms with van der Waals surface area (Å²) in [6.07, 6.45) is -0.332. The molecule has 0 fully saturated rings. The van der Waals surface area contributed by atoms with Gasteiger partial charge >= 0.3 is 0 Å². The average Bonchev–Trinajstić information content (AvgIpc) is 3.09. The molecule has 1 aliphatic heterocycles. The van der Waals surface area contributed by atoms with Crippen LogP contribution in [0.25, 0.3) is 11.3 Å². The fourth-order valence-electron chi connectivity index (χ4n) is 3.08. The van der Waals surface area contributed by atoms with E-state index in [9.17, 15) is 13.6 Å². The highest BCUT2D eigenvalue weighted by atomic mass is 19.1. The first kappa shape index (κ1) is 17.4. The second kappa shape index (κ2) is 6.92. The van der Waals surface area contributed by atoms with E-state index in [1.54, 1.807) is 10.7 Å². The molecule has 0 saturated carbocycles. The Labute approximate surface area is 155 Å². The monoisotopic (exact) mass is 368 g/mol. The topological polar surface area (TPSA) is 59.0 Å². The molecule has 27 heavy (non-hydrogen) atoms. The van der Waals surface area contributed by atoms with Crippen molar-refractivity contribution < 1.29 is 13.6 Å². The fraction of sp³-hybridized carbons (Fsp3) is 0.200. The molecule has 4 rings (SSSR count). The number of fused-ring (bicyclic) bond motifs is 1. The van der Waals surface area contributed by atoms with Gasteiger partial charge in [0.15, 0.2) is 0 Å². The Morgan fingerprint density at radius 1 is 1.19 bits per heavy atom. The van der Waals surface area contributed by atoms with Gasteiger partial charge in [-0.05, 0) is 19.1 Å². The predicted molar refractivity (Wildman–Crippen MR) is 97.0 cm³/mol. The van der Waals surface area contributed by atoms with Crippen molar-refractivity contribution in [3.05, 3.63) is 77.0 Å². The van der Waals surface area contributed by atoms with Crippen molar-refractivity contribution in [1.29, 1.82) is 0 Å². The number of nitrogens with one attached hydrogen (secondary N) is 2. The van der Waals surface area contributed by atoms with Crippen LogP contribution in [0.2, 0.25) is 0 Å². The summed E-state index contributed by atoms with van der Waals surface area (Å²) in [4.78, 5) is 12.2. The molecule has 7 heteroatoms. The van der Waals surface area contributed by atoms with E-state index in [0.29, 0.717) is 23.5 Å². The molecule has 1 unspecified atom stereocenters.